The third-order valence-corrected chi connectivity index (χ3v) is 5.52. The number of hydrogen-bond acceptors (Lipinski definition) is 3. The maximum atomic E-state index is 13.4. The molecule has 0 N–H and O–H groups in total. The highest BCUT2D eigenvalue weighted by atomic mass is 32.2. The van der Waals surface area contributed by atoms with Crippen molar-refractivity contribution < 1.29 is 4.79 Å². The van der Waals surface area contributed by atoms with Crippen molar-refractivity contribution in [2.24, 2.45) is 0 Å². The number of carbonyl (C=O) groups excluding carboxylic acids is 1. The molecule has 1 aromatic heterocycles. The number of thioether (sulfide) groups is 1. The Hall–Kier alpha value is -2.79. The van der Waals surface area contributed by atoms with Gasteiger partial charge in [0.1, 0.15) is 12.4 Å². The van der Waals surface area contributed by atoms with Crippen LogP contribution in [0.2, 0.25) is 0 Å². The number of benzene rings is 3. The zero-order valence-corrected chi connectivity index (χ0v) is 16.9. The molecule has 0 atom stereocenters. The summed E-state index contributed by atoms with van der Waals surface area (Å²) in [6, 6.07) is 22.3. The lowest BCUT2D eigenvalue weighted by atomic mass is 10.1. The van der Waals surface area contributed by atoms with Crippen LogP contribution in [-0.4, -0.2) is 28.3 Å². The number of anilines is 1. The molecule has 4 rings (SSSR count). The Morgan fingerprint density at radius 2 is 1.79 bits per heavy atom. The van der Waals surface area contributed by atoms with Gasteiger partial charge in [0.05, 0.1) is 22.5 Å². The minimum atomic E-state index is 0.0735. The van der Waals surface area contributed by atoms with Crippen molar-refractivity contribution in [3.8, 4) is 0 Å². The maximum Gasteiger partial charge on any atom is 0.246 e. The van der Waals surface area contributed by atoms with Gasteiger partial charge >= 0.3 is 0 Å². The van der Waals surface area contributed by atoms with Gasteiger partial charge in [0.2, 0.25) is 5.91 Å². The predicted octanol–water partition coefficient (Wildman–Crippen LogP) is 5.11. The van der Waals surface area contributed by atoms with Crippen molar-refractivity contribution in [2.45, 2.75) is 19.2 Å². The second-order valence-electron chi connectivity index (χ2n) is 6.67. The normalized spacial score (nSPS) is 11.2. The van der Waals surface area contributed by atoms with E-state index < -0.39 is 0 Å². The molecule has 0 radical (unpaired) electrons. The Balaban J connectivity index is 1.73. The number of nitrogens with zero attached hydrogens (tertiary/aromatic N) is 3. The number of imidazole rings is 1. The molecule has 0 aliphatic carbocycles. The second-order valence-corrected chi connectivity index (χ2v) is 7.54. The van der Waals surface area contributed by atoms with Gasteiger partial charge in [-0.15, -0.1) is 0 Å². The molecule has 1 amide bonds. The molecule has 0 saturated carbocycles. The van der Waals surface area contributed by atoms with E-state index in [2.05, 4.69) is 29.0 Å². The minimum absolute atomic E-state index is 0.0735. The molecule has 0 spiro atoms. The maximum absolute atomic E-state index is 13.4. The zero-order chi connectivity index (χ0) is 19.5. The lowest BCUT2D eigenvalue weighted by Gasteiger charge is -2.23. The van der Waals surface area contributed by atoms with E-state index in [1.54, 1.807) is 11.8 Å². The number of carbonyl (C=O) groups is 1. The highest BCUT2D eigenvalue weighted by molar-refractivity contribution is 7.97. The van der Waals surface area contributed by atoms with E-state index in [0.717, 1.165) is 39.1 Å². The summed E-state index contributed by atoms with van der Waals surface area (Å²) in [5.41, 5.74) is 2.91. The number of likely N-dealkylation sites (N-methyl/N-ethyl adjacent to an activating group) is 1. The van der Waals surface area contributed by atoms with E-state index in [4.69, 9.17) is 4.98 Å². The van der Waals surface area contributed by atoms with Gasteiger partial charge in [0.25, 0.3) is 0 Å². The van der Waals surface area contributed by atoms with Crippen LogP contribution in [0.15, 0.2) is 66.7 Å². The van der Waals surface area contributed by atoms with Gasteiger partial charge in [-0.25, -0.2) is 4.98 Å². The zero-order valence-electron chi connectivity index (χ0n) is 16.1. The topological polar surface area (TPSA) is 38.1 Å². The van der Waals surface area contributed by atoms with Crippen LogP contribution in [0.4, 0.5) is 5.69 Å². The van der Waals surface area contributed by atoms with E-state index in [1.807, 2.05) is 60.4 Å². The molecule has 5 heteroatoms. The number of hydrogen-bond donors (Lipinski definition) is 0. The molecular formula is C23H23N3OS. The Bertz CT molecular complexity index is 1130. The van der Waals surface area contributed by atoms with Gasteiger partial charge in [-0.05, 0) is 36.8 Å². The third kappa shape index (κ3) is 3.38. The standard InChI is InChI=1S/C23H23N3OS/c1-3-25(20-14-8-10-17-9-4-5-11-18(17)20)23(27)15-26-21-13-7-6-12-19(21)24-22(26)16-28-2/h4-14H,3,15-16H2,1-2H3. The van der Waals surface area contributed by atoms with Crippen molar-refractivity contribution in [1.29, 1.82) is 0 Å². The van der Waals surface area contributed by atoms with Crippen molar-refractivity contribution in [2.75, 3.05) is 17.7 Å². The Labute approximate surface area is 169 Å². The van der Waals surface area contributed by atoms with Gasteiger partial charge in [0.15, 0.2) is 0 Å². The molecule has 3 aromatic carbocycles. The molecule has 4 nitrogen and oxygen atoms in total. The first-order valence-electron chi connectivity index (χ1n) is 9.44. The molecule has 0 saturated heterocycles. The first-order valence-corrected chi connectivity index (χ1v) is 10.8. The van der Waals surface area contributed by atoms with Crippen LogP contribution in [0.5, 0.6) is 0 Å². The number of aromatic nitrogens is 2. The Kier molecular flexibility index (Phi) is 5.35. The summed E-state index contributed by atoms with van der Waals surface area (Å²) in [7, 11) is 0. The highest BCUT2D eigenvalue weighted by Gasteiger charge is 2.19. The largest absolute Gasteiger partial charge is 0.318 e. The summed E-state index contributed by atoms with van der Waals surface area (Å²) in [6.45, 7) is 2.93. The van der Waals surface area contributed by atoms with Crippen LogP contribution in [0, 0.1) is 0 Å². The lowest BCUT2D eigenvalue weighted by molar-refractivity contribution is -0.119. The molecule has 0 aliphatic heterocycles. The molecule has 0 aliphatic rings. The Morgan fingerprint density at radius 3 is 2.61 bits per heavy atom. The number of amides is 1. The fourth-order valence-corrected chi connectivity index (χ4v) is 4.17. The van der Waals surface area contributed by atoms with Crippen LogP contribution in [0.3, 0.4) is 0 Å². The van der Waals surface area contributed by atoms with Crippen LogP contribution >= 0.6 is 11.8 Å². The van der Waals surface area contributed by atoms with Crippen LogP contribution in [0.25, 0.3) is 21.8 Å². The molecule has 4 aromatic rings. The summed E-state index contributed by atoms with van der Waals surface area (Å²) in [6.07, 6.45) is 2.06. The van der Waals surface area contributed by atoms with Crippen molar-refractivity contribution >= 4 is 45.2 Å². The molecule has 0 bridgehead atoms. The third-order valence-electron chi connectivity index (χ3n) is 4.98. The van der Waals surface area contributed by atoms with Crippen molar-refractivity contribution in [3.63, 3.8) is 0 Å². The SMILES string of the molecule is CCN(C(=O)Cn1c(CSC)nc2ccccc21)c1cccc2ccccc12. The summed E-state index contributed by atoms with van der Waals surface area (Å²) in [4.78, 5) is 20.0. The predicted molar refractivity (Wildman–Crippen MR) is 119 cm³/mol. The van der Waals surface area contributed by atoms with Gasteiger partial charge in [-0.3, -0.25) is 4.79 Å². The molecule has 28 heavy (non-hydrogen) atoms. The number of para-hydroxylation sites is 2. The average Bonchev–Trinajstić information content (AvgIpc) is 3.06. The van der Waals surface area contributed by atoms with E-state index >= 15 is 0 Å². The smallest absolute Gasteiger partial charge is 0.246 e. The number of rotatable bonds is 6. The average molecular weight is 390 g/mol. The lowest BCUT2D eigenvalue weighted by Crippen LogP contribution is -2.34. The van der Waals surface area contributed by atoms with E-state index in [0.29, 0.717) is 6.54 Å². The molecule has 1 heterocycles. The van der Waals surface area contributed by atoms with Crippen molar-refractivity contribution in [1.82, 2.24) is 9.55 Å². The molecular weight excluding hydrogens is 366 g/mol. The quantitative estimate of drug-likeness (QED) is 0.460. The first-order chi connectivity index (χ1) is 13.7. The van der Waals surface area contributed by atoms with Gasteiger partial charge in [0, 0.05) is 11.9 Å². The van der Waals surface area contributed by atoms with Crippen LogP contribution in [0.1, 0.15) is 12.7 Å². The summed E-state index contributed by atoms with van der Waals surface area (Å²) in [5.74, 6) is 1.79. The van der Waals surface area contributed by atoms with Gasteiger partial charge < -0.3 is 9.47 Å². The summed E-state index contributed by atoms with van der Waals surface area (Å²) in [5, 5.41) is 2.24. The molecule has 0 unspecified atom stereocenters. The highest BCUT2D eigenvalue weighted by Crippen LogP contribution is 2.27. The first kappa shape index (κ1) is 18.6. The van der Waals surface area contributed by atoms with Crippen LogP contribution in [-0.2, 0) is 17.1 Å². The fourth-order valence-electron chi connectivity index (χ4n) is 3.69. The molecule has 0 fully saturated rings. The second kappa shape index (κ2) is 8.07. The van der Waals surface area contributed by atoms with E-state index in [1.165, 1.54) is 0 Å². The van der Waals surface area contributed by atoms with Crippen LogP contribution < -0.4 is 4.90 Å². The minimum Gasteiger partial charge on any atom is -0.318 e. The van der Waals surface area contributed by atoms with E-state index in [-0.39, 0.29) is 12.5 Å². The van der Waals surface area contributed by atoms with E-state index in [9.17, 15) is 4.79 Å². The fraction of sp³-hybridized carbons (Fsp3) is 0.217. The number of fused-ring (bicyclic) bond motifs is 2. The monoisotopic (exact) mass is 389 g/mol. The summed E-state index contributed by atoms with van der Waals surface area (Å²) >= 11 is 1.72. The summed E-state index contributed by atoms with van der Waals surface area (Å²) < 4.78 is 2.06. The van der Waals surface area contributed by atoms with Gasteiger partial charge in [-0.2, -0.15) is 11.8 Å². The molecule has 142 valence electrons. The van der Waals surface area contributed by atoms with Crippen molar-refractivity contribution in [3.05, 3.63) is 72.6 Å². The van der Waals surface area contributed by atoms with Gasteiger partial charge in [-0.1, -0.05) is 48.5 Å². The Morgan fingerprint density at radius 1 is 1.04 bits per heavy atom.